The molecule has 7 heteroatoms. The summed E-state index contributed by atoms with van der Waals surface area (Å²) in [5, 5.41) is 7.75. The Morgan fingerprint density at radius 2 is 1.69 bits per heavy atom. The number of carbonyl (C=O) groups is 3. The van der Waals surface area contributed by atoms with Gasteiger partial charge in [0.1, 0.15) is 6.04 Å². The van der Waals surface area contributed by atoms with Crippen LogP contribution in [0.1, 0.15) is 58.1 Å². The zero-order valence-corrected chi connectivity index (χ0v) is 20.7. The number of hydrogen-bond donors (Lipinski definition) is 2. The normalized spacial score (nSPS) is 14.3. The molecule has 4 rings (SSSR count). The number of nitrogens with zero attached hydrogens (tertiary/aromatic N) is 1. The van der Waals surface area contributed by atoms with E-state index in [9.17, 15) is 14.4 Å². The fourth-order valence-corrected chi connectivity index (χ4v) is 5.19. The average molecular weight is 490 g/mol. The van der Waals surface area contributed by atoms with E-state index in [1.165, 1.54) is 11.3 Å². The Balaban J connectivity index is 1.64. The molecule has 0 unspecified atom stereocenters. The Morgan fingerprint density at radius 1 is 0.971 bits per heavy atom. The lowest BCUT2D eigenvalue weighted by atomic mass is 9.97. The molecular formula is C28H31N3O3S. The highest BCUT2D eigenvalue weighted by molar-refractivity contribution is 7.12. The predicted octanol–water partition coefficient (Wildman–Crippen LogP) is 4.62. The first-order valence-electron chi connectivity index (χ1n) is 12.0. The van der Waals surface area contributed by atoms with Gasteiger partial charge in [-0.05, 0) is 47.9 Å². The highest BCUT2D eigenvalue weighted by Crippen LogP contribution is 2.28. The Morgan fingerprint density at radius 3 is 2.37 bits per heavy atom. The molecule has 0 aliphatic heterocycles. The smallest absolute Gasteiger partial charge is 0.261 e. The van der Waals surface area contributed by atoms with Crippen LogP contribution in [0.5, 0.6) is 0 Å². The van der Waals surface area contributed by atoms with Crippen molar-refractivity contribution >= 4 is 29.1 Å². The molecule has 0 spiro atoms. The van der Waals surface area contributed by atoms with Crippen molar-refractivity contribution in [3.8, 4) is 0 Å². The third-order valence-corrected chi connectivity index (χ3v) is 7.27. The van der Waals surface area contributed by atoms with Gasteiger partial charge >= 0.3 is 0 Å². The molecule has 1 aromatic heterocycles. The van der Waals surface area contributed by atoms with Crippen LogP contribution in [0.3, 0.4) is 0 Å². The van der Waals surface area contributed by atoms with E-state index in [0.29, 0.717) is 4.88 Å². The van der Waals surface area contributed by atoms with Gasteiger partial charge in [0.15, 0.2) is 0 Å². The lowest BCUT2D eigenvalue weighted by Crippen LogP contribution is -2.48. The van der Waals surface area contributed by atoms with E-state index in [-0.39, 0.29) is 36.9 Å². The number of benzene rings is 2. The zero-order chi connectivity index (χ0) is 24.6. The van der Waals surface area contributed by atoms with Crippen LogP contribution in [0.4, 0.5) is 0 Å². The molecule has 2 aromatic carbocycles. The summed E-state index contributed by atoms with van der Waals surface area (Å²) in [7, 11) is 0. The fourth-order valence-electron chi connectivity index (χ4n) is 4.55. The number of thiophene rings is 1. The van der Waals surface area contributed by atoms with Crippen molar-refractivity contribution in [3.63, 3.8) is 0 Å². The summed E-state index contributed by atoms with van der Waals surface area (Å²) in [4.78, 5) is 42.0. The third kappa shape index (κ3) is 6.36. The minimum Gasteiger partial charge on any atom is -0.351 e. The second kappa shape index (κ2) is 11.8. The molecule has 1 aliphatic rings. The Kier molecular flexibility index (Phi) is 8.32. The van der Waals surface area contributed by atoms with E-state index < -0.39 is 6.04 Å². The number of aryl methyl sites for hydroxylation is 1. The van der Waals surface area contributed by atoms with Crippen molar-refractivity contribution in [2.24, 2.45) is 0 Å². The van der Waals surface area contributed by atoms with E-state index in [2.05, 4.69) is 10.6 Å². The van der Waals surface area contributed by atoms with Crippen LogP contribution in [0, 0.1) is 6.92 Å². The van der Waals surface area contributed by atoms with Gasteiger partial charge in [0.2, 0.25) is 11.8 Å². The van der Waals surface area contributed by atoms with Gasteiger partial charge in [0.25, 0.3) is 5.91 Å². The first-order valence-corrected chi connectivity index (χ1v) is 12.9. The largest absolute Gasteiger partial charge is 0.351 e. The zero-order valence-electron chi connectivity index (χ0n) is 19.9. The molecule has 0 radical (unpaired) electrons. The van der Waals surface area contributed by atoms with Crippen molar-refractivity contribution in [1.82, 2.24) is 15.5 Å². The molecule has 2 N–H and O–H groups in total. The van der Waals surface area contributed by atoms with E-state index in [1.54, 1.807) is 17.0 Å². The van der Waals surface area contributed by atoms with Gasteiger partial charge in [-0.1, -0.05) is 73.5 Å². The molecule has 3 aromatic rings. The number of carbonyl (C=O) groups excluding carboxylic acids is 3. The average Bonchev–Trinajstić information content (AvgIpc) is 3.58. The summed E-state index contributed by atoms with van der Waals surface area (Å²) in [6, 6.07) is 20.1. The Bertz CT molecular complexity index is 1140. The minimum absolute atomic E-state index is 0.126. The van der Waals surface area contributed by atoms with Crippen LogP contribution < -0.4 is 10.6 Å². The van der Waals surface area contributed by atoms with Gasteiger partial charge in [-0.25, -0.2) is 0 Å². The Hall–Kier alpha value is -3.45. The predicted molar refractivity (Wildman–Crippen MR) is 138 cm³/mol. The summed E-state index contributed by atoms with van der Waals surface area (Å²) < 4.78 is 0. The standard InChI is InChI=1S/C28H31N3O3S/c1-20-10-5-8-15-23(20)26(28(34)30-22-13-6-7-14-22)31(19-21-11-3-2-4-12-21)25(32)18-29-27(33)24-16-9-17-35-24/h2-5,8-12,15-17,22,26H,6-7,13-14,18-19H2,1H3,(H,29,33)(H,30,34)/t26-/m0/s1. The molecular weight excluding hydrogens is 458 g/mol. The van der Waals surface area contributed by atoms with Crippen molar-refractivity contribution in [2.75, 3.05) is 6.54 Å². The molecule has 3 amide bonds. The number of amides is 3. The quantitative estimate of drug-likeness (QED) is 0.461. The third-order valence-electron chi connectivity index (χ3n) is 6.41. The molecule has 35 heavy (non-hydrogen) atoms. The SMILES string of the molecule is Cc1ccccc1[C@@H](C(=O)NC1CCCC1)N(Cc1ccccc1)C(=O)CNC(=O)c1cccs1. The maximum atomic E-state index is 13.7. The highest BCUT2D eigenvalue weighted by Gasteiger charge is 2.34. The second-order valence-corrected chi connectivity index (χ2v) is 9.86. The molecule has 0 bridgehead atoms. The number of rotatable bonds is 9. The van der Waals surface area contributed by atoms with Crippen molar-refractivity contribution in [1.29, 1.82) is 0 Å². The van der Waals surface area contributed by atoms with Crippen molar-refractivity contribution in [3.05, 3.63) is 93.7 Å². The maximum Gasteiger partial charge on any atom is 0.261 e. The molecule has 1 saturated carbocycles. The fraction of sp³-hybridized carbons (Fsp3) is 0.321. The van der Waals surface area contributed by atoms with Crippen LogP contribution in [0.15, 0.2) is 72.1 Å². The maximum absolute atomic E-state index is 13.7. The van der Waals surface area contributed by atoms with Crippen LogP contribution in [0.2, 0.25) is 0 Å². The van der Waals surface area contributed by atoms with Crippen LogP contribution in [0.25, 0.3) is 0 Å². The van der Waals surface area contributed by atoms with Crippen LogP contribution in [-0.4, -0.2) is 35.2 Å². The minimum atomic E-state index is -0.803. The molecule has 6 nitrogen and oxygen atoms in total. The first-order chi connectivity index (χ1) is 17.0. The summed E-state index contributed by atoms with van der Waals surface area (Å²) in [6.07, 6.45) is 4.11. The van der Waals surface area contributed by atoms with Gasteiger partial charge in [0, 0.05) is 12.6 Å². The molecule has 0 saturated heterocycles. The lowest BCUT2D eigenvalue weighted by Gasteiger charge is -2.33. The van der Waals surface area contributed by atoms with Gasteiger partial charge in [-0.15, -0.1) is 11.3 Å². The second-order valence-electron chi connectivity index (χ2n) is 8.92. The molecule has 1 fully saturated rings. The summed E-state index contributed by atoms with van der Waals surface area (Å²) >= 11 is 1.32. The van der Waals surface area contributed by atoms with Gasteiger partial charge < -0.3 is 15.5 Å². The summed E-state index contributed by atoms with van der Waals surface area (Å²) in [5.74, 6) is -0.787. The van der Waals surface area contributed by atoms with E-state index in [0.717, 1.165) is 42.4 Å². The Labute approximate surface area is 210 Å². The van der Waals surface area contributed by atoms with Crippen LogP contribution in [-0.2, 0) is 16.1 Å². The molecule has 1 aliphatic carbocycles. The van der Waals surface area contributed by atoms with E-state index in [1.807, 2.05) is 66.9 Å². The monoisotopic (exact) mass is 489 g/mol. The first kappa shape index (κ1) is 24.7. The summed E-state index contributed by atoms with van der Waals surface area (Å²) in [6.45, 7) is 2.02. The van der Waals surface area contributed by atoms with E-state index in [4.69, 9.17) is 0 Å². The van der Waals surface area contributed by atoms with Crippen LogP contribution >= 0.6 is 11.3 Å². The molecule has 1 atom stereocenters. The van der Waals surface area contributed by atoms with Crippen molar-refractivity contribution in [2.45, 2.75) is 51.2 Å². The number of nitrogens with one attached hydrogen (secondary N) is 2. The van der Waals surface area contributed by atoms with Gasteiger partial charge in [-0.2, -0.15) is 0 Å². The number of hydrogen-bond acceptors (Lipinski definition) is 4. The van der Waals surface area contributed by atoms with Crippen molar-refractivity contribution < 1.29 is 14.4 Å². The van der Waals surface area contributed by atoms with E-state index >= 15 is 0 Å². The lowest BCUT2D eigenvalue weighted by molar-refractivity contribution is -0.141. The molecule has 182 valence electrons. The van der Waals surface area contributed by atoms with Gasteiger partial charge in [-0.3, -0.25) is 14.4 Å². The highest BCUT2D eigenvalue weighted by atomic mass is 32.1. The summed E-state index contributed by atoms with van der Waals surface area (Å²) in [5.41, 5.74) is 2.64. The van der Waals surface area contributed by atoms with Gasteiger partial charge in [0.05, 0.1) is 11.4 Å². The topological polar surface area (TPSA) is 78.5 Å². The molecule has 1 heterocycles.